The minimum Gasteiger partial charge on any atom is -0.365 e. The molecule has 1 saturated carbocycles. The summed E-state index contributed by atoms with van der Waals surface area (Å²) in [5.41, 5.74) is 1.30. The van der Waals surface area contributed by atoms with Crippen LogP contribution in [0.1, 0.15) is 32.6 Å². The molecule has 1 aliphatic carbocycles. The number of aryl methyl sites for hydroxylation is 1. The van der Waals surface area contributed by atoms with Crippen LogP contribution in [0.5, 0.6) is 0 Å². The van der Waals surface area contributed by atoms with Crippen molar-refractivity contribution in [1.29, 1.82) is 5.26 Å². The first-order chi connectivity index (χ1) is 16.5. The highest BCUT2D eigenvalue weighted by Gasteiger charge is 2.29. The van der Waals surface area contributed by atoms with Crippen molar-refractivity contribution >= 4 is 34.4 Å². The highest BCUT2D eigenvalue weighted by molar-refractivity contribution is 5.97. The highest BCUT2D eigenvalue weighted by Crippen LogP contribution is 2.32. The fourth-order valence-electron chi connectivity index (χ4n) is 4.18. The number of hydrogen-bond acceptors (Lipinski definition) is 7. The summed E-state index contributed by atoms with van der Waals surface area (Å²) >= 11 is 0. The predicted molar refractivity (Wildman–Crippen MR) is 125 cm³/mol. The summed E-state index contributed by atoms with van der Waals surface area (Å²) in [5, 5.41) is 20.4. The number of halogens is 1. The van der Waals surface area contributed by atoms with Crippen molar-refractivity contribution in [1.82, 2.24) is 29.6 Å². The summed E-state index contributed by atoms with van der Waals surface area (Å²) in [4.78, 5) is 26.4. The first-order valence-corrected chi connectivity index (χ1v) is 11.6. The molecule has 0 aromatic carbocycles. The Morgan fingerprint density at radius 3 is 2.97 bits per heavy atom. The van der Waals surface area contributed by atoms with Gasteiger partial charge in [-0.3, -0.25) is 9.48 Å². The third kappa shape index (κ3) is 4.57. The number of nitrogens with zero attached hydrogens (tertiary/aromatic N) is 6. The van der Waals surface area contributed by atoms with Gasteiger partial charge in [-0.05, 0) is 38.5 Å². The monoisotopic (exact) mass is 463 g/mol. The van der Waals surface area contributed by atoms with Crippen molar-refractivity contribution in [2.24, 2.45) is 5.92 Å². The van der Waals surface area contributed by atoms with E-state index in [0.29, 0.717) is 36.4 Å². The van der Waals surface area contributed by atoms with E-state index in [4.69, 9.17) is 0 Å². The third-order valence-corrected chi connectivity index (χ3v) is 6.12. The van der Waals surface area contributed by atoms with Crippen LogP contribution in [0.25, 0.3) is 11.0 Å². The number of carbonyl (C=O) groups is 1. The molecule has 11 heteroatoms. The number of hydrogen-bond donors (Lipinski definition) is 3. The fraction of sp³-hybridized carbons (Fsp3) is 0.435. The quantitative estimate of drug-likeness (QED) is 0.362. The van der Waals surface area contributed by atoms with Crippen molar-refractivity contribution < 1.29 is 9.18 Å². The van der Waals surface area contributed by atoms with Crippen LogP contribution in [0.15, 0.2) is 30.2 Å². The van der Waals surface area contributed by atoms with Crippen LogP contribution < -0.4 is 10.6 Å². The van der Waals surface area contributed by atoms with Gasteiger partial charge in [0.15, 0.2) is 5.82 Å². The second-order valence-electron chi connectivity index (χ2n) is 8.73. The lowest BCUT2D eigenvalue weighted by Crippen LogP contribution is -2.45. The molecule has 3 aromatic heterocycles. The summed E-state index contributed by atoms with van der Waals surface area (Å²) in [6, 6.07) is 1.92. The van der Waals surface area contributed by atoms with E-state index in [-0.39, 0.29) is 22.9 Å². The Hall–Kier alpha value is -3.94. The lowest BCUT2D eigenvalue weighted by atomic mass is 10.0. The average molecular weight is 464 g/mol. The normalized spacial score (nSPS) is 18.7. The van der Waals surface area contributed by atoms with Crippen molar-refractivity contribution in [3.63, 3.8) is 0 Å². The average Bonchev–Trinajstić information content (AvgIpc) is 3.43. The lowest BCUT2D eigenvalue weighted by molar-refractivity contribution is -0.127. The van der Waals surface area contributed by atoms with Gasteiger partial charge in [-0.25, -0.2) is 4.39 Å². The maximum atomic E-state index is 14.6. The molecule has 2 fully saturated rings. The van der Waals surface area contributed by atoms with Crippen molar-refractivity contribution in [2.75, 3.05) is 23.7 Å². The summed E-state index contributed by atoms with van der Waals surface area (Å²) < 4.78 is 16.3. The Bertz CT molecular complexity index is 1280. The molecule has 1 amide bonds. The maximum Gasteiger partial charge on any atom is 0.264 e. The number of H-pyrrole nitrogens is 1. The van der Waals surface area contributed by atoms with Gasteiger partial charge in [0.05, 0.1) is 17.3 Å². The Morgan fingerprint density at radius 1 is 1.38 bits per heavy atom. The molecule has 0 radical (unpaired) electrons. The second kappa shape index (κ2) is 9.13. The zero-order valence-corrected chi connectivity index (χ0v) is 18.9. The SMILES string of the molecule is CCn1cc(Nc2nc(NC3CCCN(C(=O)/C(C#N)=C/C4CC4)C3)c3c(F)c[nH]c3n2)cn1. The molecule has 1 atom stereocenters. The van der Waals surface area contributed by atoms with Gasteiger partial charge < -0.3 is 20.5 Å². The Kier molecular flexibility index (Phi) is 5.88. The van der Waals surface area contributed by atoms with Gasteiger partial charge in [0.25, 0.3) is 5.91 Å². The Morgan fingerprint density at radius 2 is 2.24 bits per heavy atom. The number of nitriles is 1. The number of nitrogens with one attached hydrogen (secondary N) is 3. The molecule has 0 spiro atoms. The van der Waals surface area contributed by atoms with Crippen LogP contribution in [-0.2, 0) is 11.3 Å². The maximum absolute atomic E-state index is 14.6. The number of fused-ring (bicyclic) bond motifs is 1. The number of carbonyl (C=O) groups excluding carboxylic acids is 1. The molecule has 1 aliphatic heterocycles. The van der Waals surface area contributed by atoms with Gasteiger partial charge >= 0.3 is 0 Å². The molecular weight excluding hydrogens is 437 g/mol. The first kappa shape index (κ1) is 21.9. The van der Waals surface area contributed by atoms with Crippen LogP contribution in [-0.4, -0.2) is 54.7 Å². The number of allylic oxidation sites excluding steroid dienone is 1. The molecule has 4 heterocycles. The van der Waals surface area contributed by atoms with Gasteiger partial charge in [-0.15, -0.1) is 0 Å². The second-order valence-corrected chi connectivity index (χ2v) is 8.73. The number of likely N-dealkylation sites (tertiary alicyclic amines) is 1. The van der Waals surface area contributed by atoms with Crippen molar-refractivity contribution in [2.45, 2.75) is 45.2 Å². The Labute approximate surface area is 195 Å². The van der Waals surface area contributed by atoms with E-state index in [0.717, 1.165) is 37.9 Å². The molecule has 3 aromatic rings. The molecule has 5 rings (SSSR count). The van der Waals surface area contributed by atoms with E-state index in [1.165, 1.54) is 6.20 Å². The summed E-state index contributed by atoms with van der Waals surface area (Å²) in [6.45, 7) is 3.72. The molecular formula is C23H26FN9O. The van der Waals surface area contributed by atoms with Crippen LogP contribution in [0, 0.1) is 23.1 Å². The van der Waals surface area contributed by atoms with Crippen LogP contribution in [0.2, 0.25) is 0 Å². The van der Waals surface area contributed by atoms with E-state index in [9.17, 15) is 14.4 Å². The zero-order valence-electron chi connectivity index (χ0n) is 18.9. The van der Waals surface area contributed by atoms with Gasteiger partial charge in [-0.1, -0.05) is 6.08 Å². The first-order valence-electron chi connectivity index (χ1n) is 11.6. The van der Waals surface area contributed by atoms with E-state index in [1.807, 2.05) is 13.1 Å². The standard InChI is InChI=1S/C23H26FN9O/c1-2-33-13-17(10-27-33)29-23-30-20-19(18(24)11-26-20)21(31-23)28-16-4-3-7-32(12-16)22(34)15(9-25)8-14-5-6-14/h8,10-11,13-14,16H,2-7,12H2,1H3,(H3,26,28,29,30,31)/b15-8+. The lowest BCUT2D eigenvalue weighted by Gasteiger charge is -2.33. The van der Waals surface area contributed by atoms with Gasteiger partial charge in [0.2, 0.25) is 5.95 Å². The van der Waals surface area contributed by atoms with Gasteiger partial charge in [0.1, 0.15) is 23.1 Å². The third-order valence-electron chi connectivity index (χ3n) is 6.12. The molecule has 2 aliphatic rings. The fourth-order valence-corrected chi connectivity index (χ4v) is 4.18. The van der Waals surface area contributed by atoms with E-state index >= 15 is 0 Å². The Balaban J connectivity index is 1.36. The molecule has 3 N–H and O–H groups in total. The van der Waals surface area contributed by atoms with Crippen molar-refractivity contribution in [3.8, 4) is 6.07 Å². The largest absolute Gasteiger partial charge is 0.365 e. The molecule has 1 saturated heterocycles. The van der Waals surface area contributed by atoms with E-state index < -0.39 is 5.82 Å². The number of amides is 1. The number of anilines is 3. The number of piperidine rings is 1. The molecule has 0 bridgehead atoms. The zero-order chi connectivity index (χ0) is 23.7. The predicted octanol–water partition coefficient (Wildman–Crippen LogP) is 3.32. The van der Waals surface area contributed by atoms with Gasteiger partial charge in [0, 0.05) is 38.1 Å². The molecule has 176 valence electrons. The smallest absolute Gasteiger partial charge is 0.264 e. The summed E-state index contributed by atoms with van der Waals surface area (Å²) in [7, 11) is 0. The number of aromatic amines is 1. The van der Waals surface area contributed by atoms with E-state index in [2.05, 4.69) is 36.8 Å². The van der Waals surface area contributed by atoms with Gasteiger partial charge in [-0.2, -0.15) is 20.3 Å². The molecule has 1 unspecified atom stereocenters. The summed E-state index contributed by atoms with van der Waals surface area (Å²) in [6.07, 6.45) is 10.2. The van der Waals surface area contributed by atoms with Crippen LogP contribution in [0.3, 0.4) is 0 Å². The molecule has 34 heavy (non-hydrogen) atoms. The minimum atomic E-state index is -0.453. The number of aromatic nitrogens is 5. The van der Waals surface area contributed by atoms with Crippen molar-refractivity contribution in [3.05, 3.63) is 36.1 Å². The minimum absolute atomic E-state index is 0.137. The van der Waals surface area contributed by atoms with Crippen LogP contribution in [0.4, 0.5) is 21.8 Å². The van der Waals surface area contributed by atoms with E-state index in [1.54, 1.807) is 21.9 Å². The molecule has 10 nitrogen and oxygen atoms in total. The summed E-state index contributed by atoms with van der Waals surface area (Å²) in [5.74, 6) is 0.305. The van der Waals surface area contributed by atoms with Crippen LogP contribution >= 0.6 is 0 Å². The number of rotatable bonds is 7. The highest BCUT2D eigenvalue weighted by atomic mass is 19.1. The topological polar surface area (TPSA) is 128 Å².